The minimum absolute atomic E-state index is 0.622. The van der Waals surface area contributed by atoms with Gasteiger partial charge in [0.1, 0.15) is 5.60 Å². The quantitative estimate of drug-likeness (QED) is 0.509. The molecule has 0 saturated heterocycles. The Morgan fingerprint density at radius 1 is 1.05 bits per heavy atom. The van der Waals surface area contributed by atoms with Crippen molar-refractivity contribution in [3.05, 3.63) is 72.3 Å². The van der Waals surface area contributed by atoms with Crippen molar-refractivity contribution in [2.24, 2.45) is 0 Å². The van der Waals surface area contributed by atoms with Crippen molar-refractivity contribution in [1.82, 2.24) is 0 Å². The van der Waals surface area contributed by atoms with Gasteiger partial charge in [-0.1, -0.05) is 61.2 Å². The molecule has 0 radical (unpaired) electrons. The summed E-state index contributed by atoms with van der Waals surface area (Å²) < 4.78 is 0. The van der Waals surface area contributed by atoms with E-state index >= 15 is 0 Å². The van der Waals surface area contributed by atoms with Crippen LogP contribution in [0.1, 0.15) is 11.1 Å². The van der Waals surface area contributed by atoms with Crippen LogP contribution in [-0.4, -0.2) is 5.11 Å². The molecule has 0 aromatic heterocycles. The summed E-state index contributed by atoms with van der Waals surface area (Å²) in [4.78, 5) is 0. The Balaban J connectivity index is 2.25. The average molecular weight is 246 g/mol. The molecule has 1 atom stereocenters. The molecule has 0 amide bonds. The van der Waals surface area contributed by atoms with Crippen molar-refractivity contribution >= 4 is 21.5 Å². The molecule has 1 nitrogen and oxygen atoms in total. The minimum atomic E-state index is -0.917. The molecule has 3 aromatic carbocycles. The Bertz CT molecular complexity index is 832. The lowest BCUT2D eigenvalue weighted by Crippen LogP contribution is -2.20. The predicted octanol–water partition coefficient (Wildman–Crippen LogP) is 3.92. The molecule has 1 unspecified atom stereocenters. The van der Waals surface area contributed by atoms with Gasteiger partial charge < -0.3 is 5.11 Å². The number of hydrogen-bond acceptors (Lipinski definition) is 1. The van der Waals surface area contributed by atoms with Gasteiger partial charge in [-0.05, 0) is 32.7 Å². The Hall–Kier alpha value is -2.12. The van der Waals surface area contributed by atoms with Gasteiger partial charge in [0, 0.05) is 6.42 Å². The molecular weight excluding hydrogens is 232 g/mol. The van der Waals surface area contributed by atoms with Gasteiger partial charge in [-0.15, -0.1) is 0 Å². The third kappa shape index (κ3) is 1.28. The average Bonchev–Trinajstić information content (AvgIpc) is 2.74. The van der Waals surface area contributed by atoms with Crippen LogP contribution in [0.5, 0.6) is 0 Å². The first-order valence-electron chi connectivity index (χ1n) is 6.53. The van der Waals surface area contributed by atoms with E-state index in [-0.39, 0.29) is 0 Å². The van der Waals surface area contributed by atoms with Crippen molar-refractivity contribution in [1.29, 1.82) is 0 Å². The van der Waals surface area contributed by atoms with Crippen LogP contribution in [0.25, 0.3) is 21.5 Å². The molecule has 1 N–H and O–H groups in total. The van der Waals surface area contributed by atoms with Gasteiger partial charge in [0.15, 0.2) is 0 Å². The molecule has 0 bridgehead atoms. The maximum Gasteiger partial charge on any atom is 0.112 e. The highest BCUT2D eigenvalue weighted by atomic mass is 16.3. The number of benzene rings is 3. The molecule has 0 saturated carbocycles. The zero-order chi connectivity index (χ0) is 13.0. The summed E-state index contributed by atoms with van der Waals surface area (Å²) in [5.41, 5.74) is 1.28. The lowest BCUT2D eigenvalue weighted by atomic mass is 9.94. The zero-order valence-corrected chi connectivity index (χ0v) is 10.6. The van der Waals surface area contributed by atoms with Crippen LogP contribution in [0.2, 0.25) is 0 Å². The molecule has 1 aliphatic carbocycles. The van der Waals surface area contributed by atoms with E-state index in [9.17, 15) is 5.11 Å². The van der Waals surface area contributed by atoms with E-state index in [0.29, 0.717) is 6.42 Å². The number of rotatable bonds is 1. The highest BCUT2D eigenvalue weighted by molar-refractivity contribution is 6.11. The highest BCUT2D eigenvalue weighted by Crippen LogP contribution is 2.44. The zero-order valence-electron chi connectivity index (χ0n) is 10.6. The second-order valence-corrected chi connectivity index (χ2v) is 5.29. The number of fused-ring (bicyclic) bond motifs is 2. The van der Waals surface area contributed by atoms with Crippen molar-refractivity contribution in [3.8, 4) is 0 Å². The maximum atomic E-state index is 10.7. The Kier molecular flexibility index (Phi) is 1.96. The molecule has 1 aliphatic rings. The molecule has 4 rings (SSSR count). The molecule has 19 heavy (non-hydrogen) atoms. The van der Waals surface area contributed by atoms with Crippen molar-refractivity contribution < 1.29 is 5.11 Å². The fourth-order valence-corrected chi connectivity index (χ4v) is 3.32. The molecule has 1 heteroatoms. The summed E-state index contributed by atoms with van der Waals surface area (Å²) >= 11 is 0. The lowest BCUT2D eigenvalue weighted by Gasteiger charge is -2.18. The first-order chi connectivity index (χ1) is 9.23. The summed E-state index contributed by atoms with van der Waals surface area (Å²) in [6, 6.07) is 16.8. The van der Waals surface area contributed by atoms with Gasteiger partial charge in [0.25, 0.3) is 0 Å². The van der Waals surface area contributed by atoms with Crippen LogP contribution < -0.4 is 0 Å². The van der Waals surface area contributed by atoms with E-state index in [4.69, 9.17) is 0 Å². The van der Waals surface area contributed by atoms with Crippen LogP contribution in [0.3, 0.4) is 0 Å². The van der Waals surface area contributed by atoms with E-state index in [1.165, 1.54) is 27.1 Å². The molecule has 0 fully saturated rings. The Labute approximate surface area is 111 Å². The van der Waals surface area contributed by atoms with E-state index < -0.39 is 5.60 Å². The van der Waals surface area contributed by atoms with Gasteiger partial charge in [-0.3, -0.25) is 0 Å². The number of hydrogen-bond donors (Lipinski definition) is 1. The second-order valence-electron chi connectivity index (χ2n) is 5.29. The normalized spacial score (nSPS) is 21.1. The fraction of sp³-hybridized carbons (Fsp3) is 0.111. The van der Waals surface area contributed by atoms with Crippen molar-refractivity contribution in [2.45, 2.75) is 12.0 Å². The smallest absolute Gasteiger partial charge is 0.112 e. The summed E-state index contributed by atoms with van der Waals surface area (Å²) in [5, 5.41) is 15.6. The standard InChI is InChI=1S/C18H14O/c1-2-18(19)11-13-10-12-6-3-4-7-14(12)15-8-5-9-16(18)17(13)15/h2-10,19H,1,11H2. The maximum absolute atomic E-state index is 10.7. The Morgan fingerprint density at radius 2 is 1.84 bits per heavy atom. The van der Waals surface area contributed by atoms with Gasteiger partial charge in [0.2, 0.25) is 0 Å². The number of aliphatic hydroxyl groups is 1. The van der Waals surface area contributed by atoms with E-state index in [2.05, 4.69) is 43.0 Å². The van der Waals surface area contributed by atoms with Crippen molar-refractivity contribution in [2.75, 3.05) is 0 Å². The second kappa shape index (κ2) is 3.46. The predicted molar refractivity (Wildman–Crippen MR) is 79.3 cm³/mol. The van der Waals surface area contributed by atoms with Crippen LogP contribution in [0, 0.1) is 0 Å². The van der Waals surface area contributed by atoms with E-state index in [1.807, 2.05) is 12.1 Å². The summed E-state index contributed by atoms with van der Waals surface area (Å²) in [7, 11) is 0. The molecule has 92 valence electrons. The molecule has 0 aliphatic heterocycles. The van der Waals surface area contributed by atoms with Crippen LogP contribution in [0.4, 0.5) is 0 Å². The third-order valence-electron chi connectivity index (χ3n) is 4.23. The van der Waals surface area contributed by atoms with Gasteiger partial charge in [-0.2, -0.15) is 0 Å². The van der Waals surface area contributed by atoms with E-state index in [1.54, 1.807) is 6.08 Å². The first-order valence-corrected chi connectivity index (χ1v) is 6.53. The summed E-state index contributed by atoms with van der Waals surface area (Å²) in [5.74, 6) is 0. The van der Waals surface area contributed by atoms with Gasteiger partial charge in [0.05, 0.1) is 0 Å². The van der Waals surface area contributed by atoms with Gasteiger partial charge >= 0.3 is 0 Å². The summed E-state index contributed by atoms with van der Waals surface area (Å²) in [6.45, 7) is 3.80. The highest BCUT2D eigenvalue weighted by Gasteiger charge is 2.35. The van der Waals surface area contributed by atoms with Crippen LogP contribution in [0.15, 0.2) is 61.2 Å². The monoisotopic (exact) mass is 246 g/mol. The Morgan fingerprint density at radius 3 is 2.68 bits per heavy atom. The van der Waals surface area contributed by atoms with E-state index in [0.717, 1.165) is 5.56 Å². The SMILES string of the molecule is C=CC1(O)Cc2cc3ccccc3c3cccc1c23. The summed E-state index contributed by atoms with van der Waals surface area (Å²) in [6.07, 6.45) is 2.28. The first kappa shape index (κ1) is 10.8. The molecule has 0 heterocycles. The van der Waals surface area contributed by atoms with Crippen LogP contribution in [-0.2, 0) is 12.0 Å². The lowest BCUT2D eigenvalue weighted by molar-refractivity contribution is 0.0974. The molecule has 0 spiro atoms. The third-order valence-corrected chi connectivity index (χ3v) is 4.23. The van der Waals surface area contributed by atoms with Crippen LogP contribution >= 0.6 is 0 Å². The minimum Gasteiger partial charge on any atom is -0.381 e. The topological polar surface area (TPSA) is 20.2 Å². The largest absolute Gasteiger partial charge is 0.381 e. The van der Waals surface area contributed by atoms with Crippen molar-refractivity contribution in [3.63, 3.8) is 0 Å². The molecule has 3 aromatic rings. The fourth-order valence-electron chi connectivity index (χ4n) is 3.32. The van der Waals surface area contributed by atoms with Gasteiger partial charge in [-0.25, -0.2) is 0 Å². The molecular formula is C18H14O.